The number of hydrogen-bond acceptors (Lipinski definition) is 4. The molecule has 3 N–H and O–H groups in total. The predicted molar refractivity (Wildman–Crippen MR) is 115 cm³/mol. The average Bonchev–Trinajstić information content (AvgIpc) is 3.54. The first-order chi connectivity index (χ1) is 14.1. The second kappa shape index (κ2) is 9.91. The molecule has 7 heteroatoms. The van der Waals surface area contributed by atoms with Crippen LogP contribution in [0.25, 0.3) is 0 Å². The number of pyridine rings is 1. The second-order valence-corrected chi connectivity index (χ2v) is 7.20. The van der Waals surface area contributed by atoms with Gasteiger partial charge in [0.05, 0.1) is 11.9 Å². The fourth-order valence-corrected chi connectivity index (χ4v) is 3.11. The number of benzene rings is 1. The summed E-state index contributed by atoms with van der Waals surface area (Å²) in [6.07, 6.45) is 4.07. The van der Waals surface area contributed by atoms with Crippen molar-refractivity contribution in [1.29, 1.82) is 0 Å². The zero-order valence-electron chi connectivity index (χ0n) is 17.0. The van der Waals surface area contributed by atoms with Crippen molar-refractivity contribution >= 4 is 23.4 Å². The highest BCUT2D eigenvalue weighted by Crippen LogP contribution is 2.19. The van der Waals surface area contributed by atoms with E-state index in [4.69, 9.17) is 0 Å². The molecule has 2 aromatic rings. The van der Waals surface area contributed by atoms with Crippen LogP contribution in [0, 0.1) is 0 Å². The zero-order valence-corrected chi connectivity index (χ0v) is 17.0. The summed E-state index contributed by atoms with van der Waals surface area (Å²) < 4.78 is 0. The third-order valence-corrected chi connectivity index (χ3v) is 4.92. The molecule has 0 aliphatic heterocycles. The number of nitrogens with zero attached hydrogens (tertiary/aromatic N) is 2. The molecule has 1 fully saturated rings. The molecule has 0 radical (unpaired) electrons. The number of urea groups is 1. The maximum absolute atomic E-state index is 12.6. The topological polar surface area (TPSA) is 86.4 Å². The van der Waals surface area contributed by atoms with Gasteiger partial charge >= 0.3 is 6.03 Å². The normalized spacial score (nSPS) is 14.0. The molecule has 1 saturated carbocycles. The molecule has 1 aromatic heterocycles. The zero-order chi connectivity index (χ0) is 20.6. The summed E-state index contributed by atoms with van der Waals surface area (Å²) in [4.78, 5) is 31.6. The summed E-state index contributed by atoms with van der Waals surface area (Å²) in [5.41, 5.74) is 1.58. The van der Waals surface area contributed by atoms with Crippen LogP contribution in [0.3, 0.4) is 0 Å². The number of amides is 3. The highest BCUT2D eigenvalue weighted by molar-refractivity contribution is 5.94. The van der Waals surface area contributed by atoms with Gasteiger partial charge in [0.2, 0.25) is 5.91 Å². The van der Waals surface area contributed by atoms with E-state index >= 15 is 0 Å². The first-order valence-electron chi connectivity index (χ1n) is 10.2. The van der Waals surface area contributed by atoms with E-state index in [2.05, 4.69) is 39.7 Å². The molecule has 0 saturated heterocycles. The summed E-state index contributed by atoms with van der Waals surface area (Å²) >= 11 is 0. The van der Waals surface area contributed by atoms with Gasteiger partial charge in [0, 0.05) is 25.6 Å². The lowest BCUT2D eigenvalue weighted by atomic mass is 10.1. The molecule has 3 amide bonds. The van der Waals surface area contributed by atoms with Crippen molar-refractivity contribution in [3.05, 3.63) is 54.2 Å². The Labute approximate surface area is 171 Å². The lowest BCUT2D eigenvalue weighted by Gasteiger charge is -2.20. The molecule has 154 valence electrons. The van der Waals surface area contributed by atoms with E-state index in [1.807, 2.05) is 42.5 Å². The molecule has 29 heavy (non-hydrogen) atoms. The van der Waals surface area contributed by atoms with Crippen molar-refractivity contribution in [2.24, 2.45) is 0 Å². The lowest BCUT2D eigenvalue weighted by Crippen LogP contribution is -2.49. The van der Waals surface area contributed by atoms with Crippen LogP contribution < -0.4 is 20.9 Å². The molecule has 0 bridgehead atoms. The van der Waals surface area contributed by atoms with Gasteiger partial charge in [-0.2, -0.15) is 0 Å². The number of carbonyl (C=O) groups excluding carboxylic acids is 2. The minimum absolute atomic E-state index is 0.151. The third kappa shape index (κ3) is 6.20. The predicted octanol–water partition coefficient (Wildman–Crippen LogP) is 2.94. The van der Waals surface area contributed by atoms with Gasteiger partial charge in [-0.3, -0.25) is 4.79 Å². The van der Waals surface area contributed by atoms with Gasteiger partial charge < -0.3 is 20.9 Å². The molecule has 7 nitrogen and oxygen atoms in total. The first-order valence-corrected chi connectivity index (χ1v) is 10.2. The standard InChI is InChI=1S/C22H29N5O2/c1-3-27(4-2)20-13-12-18(15-23-20)25-22(29)26-19(21(28)24-17-10-11-17)14-16-8-6-5-7-9-16/h5-9,12-13,15,17,19H,3-4,10-11,14H2,1-2H3,(H,24,28)(H2,25,26,29)/t19-/m1/s1. The van der Waals surface area contributed by atoms with E-state index in [-0.39, 0.29) is 11.9 Å². The molecule has 1 aliphatic rings. The van der Waals surface area contributed by atoms with Gasteiger partial charge in [-0.1, -0.05) is 30.3 Å². The number of rotatable bonds is 9. The minimum Gasteiger partial charge on any atom is -0.357 e. The van der Waals surface area contributed by atoms with E-state index in [1.165, 1.54) is 0 Å². The Morgan fingerprint density at radius 3 is 2.41 bits per heavy atom. The van der Waals surface area contributed by atoms with Crippen molar-refractivity contribution in [1.82, 2.24) is 15.6 Å². The molecular weight excluding hydrogens is 366 g/mol. The van der Waals surface area contributed by atoms with Crippen molar-refractivity contribution in [3.8, 4) is 0 Å². The largest absolute Gasteiger partial charge is 0.357 e. The van der Waals surface area contributed by atoms with Gasteiger partial charge in [-0.25, -0.2) is 9.78 Å². The summed E-state index contributed by atoms with van der Waals surface area (Å²) in [5, 5.41) is 8.56. The SMILES string of the molecule is CCN(CC)c1ccc(NC(=O)N[C@H](Cc2ccccc2)C(=O)NC2CC2)cn1. The van der Waals surface area contributed by atoms with Crippen LogP contribution in [0.2, 0.25) is 0 Å². The Kier molecular flexibility index (Phi) is 7.05. The number of aromatic nitrogens is 1. The van der Waals surface area contributed by atoms with Gasteiger partial charge in [-0.05, 0) is 44.4 Å². The smallest absolute Gasteiger partial charge is 0.319 e. The quantitative estimate of drug-likeness (QED) is 0.609. The maximum atomic E-state index is 12.6. The maximum Gasteiger partial charge on any atom is 0.319 e. The van der Waals surface area contributed by atoms with Crippen molar-refractivity contribution in [3.63, 3.8) is 0 Å². The average molecular weight is 396 g/mol. The fraction of sp³-hybridized carbons (Fsp3) is 0.409. The summed E-state index contributed by atoms with van der Waals surface area (Å²) in [6, 6.07) is 12.6. The van der Waals surface area contributed by atoms with Gasteiger partial charge in [-0.15, -0.1) is 0 Å². The molecule has 0 unspecified atom stereocenters. The van der Waals surface area contributed by atoms with Crippen LogP contribution in [-0.4, -0.2) is 42.1 Å². The molecule has 1 heterocycles. The molecule has 0 spiro atoms. The van der Waals surface area contributed by atoms with E-state index in [0.29, 0.717) is 12.1 Å². The Balaban J connectivity index is 1.61. The monoisotopic (exact) mass is 395 g/mol. The van der Waals surface area contributed by atoms with E-state index in [1.54, 1.807) is 6.20 Å². The Hall–Kier alpha value is -3.09. The number of anilines is 2. The van der Waals surface area contributed by atoms with Crippen molar-refractivity contribution in [2.45, 2.75) is 45.2 Å². The van der Waals surface area contributed by atoms with Crippen LogP contribution in [0.4, 0.5) is 16.3 Å². The Bertz CT molecular complexity index is 802. The lowest BCUT2D eigenvalue weighted by molar-refractivity contribution is -0.123. The summed E-state index contributed by atoms with van der Waals surface area (Å²) in [5.74, 6) is 0.716. The van der Waals surface area contributed by atoms with Crippen LogP contribution in [0.15, 0.2) is 48.7 Å². The number of nitrogens with one attached hydrogen (secondary N) is 3. The minimum atomic E-state index is -0.638. The molecule has 1 atom stereocenters. The highest BCUT2D eigenvalue weighted by atomic mass is 16.2. The van der Waals surface area contributed by atoms with E-state index < -0.39 is 12.1 Å². The van der Waals surface area contributed by atoms with Gasteiger partial charge in [0.1, 0.15) is 11.9 Å². The van der Waals surface area contributed by atoms with Gasteiger partial charge in [0.15, 0.2) is 0 Å². The van der Waals surface area contributed by atoms with Crippen molar-refractivity contribution in [2.75, 3.05) is 23.3 Å². The van der Waals surface area contributed by atoms with Crippen LogP contribution >= 0.6 is 0 Å². The van der Waals surface area contributed by atoms with Crippen LogP contribution in [0.5, 0.6) is 0 Å². The van der Waals surface area contributed by atoms with Crippen LogP contribution in [-0.2, 0) is 11.2 Å². The second-order valence-electron chi connectivity index (χ2n) is 7.20. The van der Waals surface area contributed by atoms with E-state index in [9.17, 15) is 9.59 Å². The first kappa shape index (κ1) is 20.6. The fourth-order valence-electron chi connectivity index (χ4n) is 3.11. The number of carbonyl (C=O) groups is 2. The molecule has 3 rings (SSSR count). The third-order valence-electron chi connectivity index (χ3n) is 4.92. The van der Waals surface area contributed by atoms with Crippen LogP contribution in [0.1, 0.15) is 32.3 Å². The molecule has 1 aromatic carbocycles. The highest BCUT2D eigenvalue weighted by Gasteiger charge is 2.28. The van der Waals surface area contributed by atoms with Crippen molar-refractivity contribution < 1.29 is 9.59 Å². The number of hydrogen-bond donors (Lipinski definition) is 3. The van der Waals surface area contributed by atoms with E-state index in [0.717, 1.165) is 37.3 Å². The van der Waals surface area contributed by atoms with Gasteiger partial charge in [0.25, 0.3) is 0 Å². The Morgan fingerprint density at radius 2 is 1.83 bits per heavy atom. The Morgan fingerprint density at radius 1 is 1.10 bits per heavy atom. The molecule has 1 aliphatic carbocycles. The summed E-state index contributed by atoms with van der Waals surface area (Å²) in [7, 11) is 0. The summed E-state index contributed by atoms with van der Waals surface area (Å²) in [6.45, 7) is 5.89. The molecular formula is C22H29N5O2.